The Morgan fingerprint density at radius 2 is 1.80 bits per heavy atom. The van der Waals surface area contributed by atoms with Crippen molar-refractivity contribution in [1.82, 2.24) is 4.90 Å². The standard InChI is InChI=1S/C20H29NO4/c1-4-24-18(22)12-14-21(3)20(15-19(23)25-5-2)13-8-10-16-9-6-7-11-17(16)20/h6-7,9,11H,4-5,8,10,12-15H2,1-3H3. The minimum Gasteiger partial charge on any atom is -0.466 e. The van der Waals surface area contributed by atoms with Gasteiger partial charge in [-0.25, -0.2) is 0 Å². The molecule has 1 aliphatic rings. The van der Waals surface area contributed by atoms with Crippen molar-refractivity contribution < 1.29 is 19.1 Å². The maximum absolute atomic E-state index is 12.3. The molecule has 0 bridgehead atoms. The van der Waals surface area contributed by atoms with Gasteiger partial charge in [0.15, 0.2) is 0 Å². The molecule has 0 amide bonds. The molecular formula is C20H29NO4. The van der Waals surface area contributed by atoms with Gasteiger partial charge in [0, 0.05) is 6.54 Å². The zero-order valence-corrected chi connectivity index (χ0v) is 15.5. The molecule has 1 aliphatic carbocycles. The second kappa shape index (κ2) is 8.99. The fourth-order valence-electron chi connectivity index (χ4n) is 3.77. The Hall–Kier alpha value is -1.88. The smallest absolute Gasteiger partial charge is 0.308 e. The van der Waals surface area contributed by atoms with Gasteiger partial charge >= 0.3 is 11.9 Å². The van der Waals surface area contributed by atoms with Crippen molar-refractivity contribution in [2.75, 3.05) is 26.8 Å². The van der Waals surface area contributed by atoms with Crippen LogP contribution in [0.4, 0.5) is 0 Å². The van der Waals surface area contributed by atoms with Crippen molar-refractivity contribution in [1.29, 1.82) is 0 Å². The number of esters is 2. The average Bonchev–Trinajstić information content (AvgIpc) is 2.60. The minimum absolute atomic E-state index is 0.192. The highest BCUT2D eigenvalue weighted by Gasteiger charge is 2.42. The summed E-state index contributed by atoms with van der Waals surface area (Å²) in [6.45, 7) is 4.94. The Kier molecular flexibility index (Phi) is 7.00. The SMILES string of the molecule is CCOC(=O)CCN(C)C1(CC(=O)OCC)CCCc2ccccc21. The quantitative estimate of drug-likeness (QED) is 0.677. The lowest BCUT2D eigenvalue weighted by atomic mass is 9.73. The third-order valence-corrected chi connectivity index (χ3v) is 4.98. The van der Waals surface area contributed by atoms with Crippen LogP contribution >= 0.6 is 0 Å². The third-order valence-electron chi connectivity index (χ3n) is 4.98. The maximum atomic E-state index is 12.3. The van der Waals surface area contributed by atoms with Crippen LogP contribution in [-0.2, 0) is 31.0 Å². The van der Waals surface area contributed by atoms with E-state index >= 15 is 0 Å². The molecule has 0 saturated heterocycles. The van der Waals surface area contributed by atoms with Crippen molar-refractivity contribution in [3.05, 3.63) is 35.4 Å². The molecule has 1 unspecified atom stereocenters. The Bertz CT molecular complexity index is 601. The van der Waals surface area contributed by atoms with E-state index in [-0.39, 0.29) is 11.9 Å². The van der Waals surface area contributed by atoms with Crippen LogP contribution in [0.25, 0.3) is 0 Å². The fourth-order valence-corrected chi connectivity index (χ4v) is 3.77. The first-order valence-electron chi connectivity index (χ1n) is 9.14. The topological polar surface area (TPSA) is 55.8 Å². The second-order valence-corrected chi connectivity index (χ2v) is 6.50. The predicted octanol–water partition coefficient (Wildman–Crippen LogP) is 3.06. The molecule has 0 heterocycles. The molecule has 5 heteroatoms. The molecule has 25 heavy (non-hydrogen) atoms. The van der Waals surface area contributed by atoms with E-state index in [0.717, 1.165) is 19.3 Å². The Labute approximate surface area is 150 Å². The maximum Gasteiger partial charge on any atom is 0.308 e. The van der Waals surface area contributed by atoms with Crippen molar-refractivity contribution in [2.24, 2.45) is 0 Å². The summed E-state index contributed by atoms with van der Waals surface area (Å²) in [5.74, 6) is -0.396. The third kappa shape index (κ3) is 4.60. The first-order chi connectivity index (χ1) is 12.0. The molecule has 1 aromatic carbocycles. The van der Waals surface area contributed by atoms with Crippen LogP contribution in [0.5, 0.6) is 0 Å². The van der Waals surface area contributed by atoms with Gasteiger partial charge in [-0.3, -0.25) is 14.5 Å². The van der Waals surface area contributed by atoms with Gasteiger partial charge in [-0.1, -0.05) is 24.3 Å². The van der Waals surface area contributed by atoms with E-state index in [0.29, 0.717) is 32.6 Å². The molecule has 1 atom stereocenters. The first-order valence-corrected chi connectivity index (χ1v) is 9.14. The molecule has 0 fully saturated rings. The van der Waals surface area contributed by atoms with Gasteiger partial charge in [0.1, 0.15) is 0 Å². The van der Waals surface area contributed by atoms with Gasteiger partial charge in [-0.05, 0) is 51.3 Å². The van der Waals surface area contributed by atoms with Crippen molar-refractivity contribution in [3.8, 4) is 0 Å². The van der Waals surface area contributed by atoms with Gasteiger partial charge in [0.2, 0.25) is 0 Å². The number of nitrogens with zero attached hydrogens (tertiary/aromatic N) is 1. The highest BCUT2D eigenvalue weighted by molar-refractivity contribution is 5.72. The number of hydrogen-bond donors (Lipinski definition) is 0. The lowest BCUT2D eigenvalue weighted by molar-refractivity contribution is -0.147. The summed E-state index contributed by atoms with van der Waals surface area (Å²) < 4.78 is 10.3. The van der Waals surface area contributed by atoms with Crippen molar-refractivity contribution >= 4 is 11.9 Å². The molecule has 0 saturated carbocycles. The van der Waals surface area contributed by atoms with Crippen LogP contribution in [0.3, 0.4) is 0 Å². The summed E-state index contributed by atoms with van der Waals surface area (Å²) >= 11 is 0. The number of aryl methyl sites for hydroxylation is 1. The molecule has 0 aromatic heterocycles. The van der Waals surface area contributed by atoms with Crippen LogP contribution in [0.15, 0.2) is 24.3 Å². The van der Waals surface area contributed by atoms with Gasteiger partial charge in [-0.2, -0.15) is 0 Å². The molecule has 1 aromatic rings. The number of benzene rings is 1. The molecule has 138 valence electrons. The van der Waals surface area contributed by atoms with Crippen LogP contribution in [0.1, 0.15) is 50.7 Å². The number of carbonyl (C=O) groups excluding carboxylic acids is 2. The molecule has 5 nitrogen and oxygen atoms in total. The monoisotopic (exact) mass is 347 g/mol. The molecule has 0 radical (unpaired) electrons. The number of rotatable bonds is 8. The largest absolute Gasteiger partial charge is 0.466 e. The predicted molar refractivity (Wildman–Crippen MR) is 96.2 cm³/mol. The highest BCUT2D eigenvalue weighted by atomic mass is 16.5. The van der Waals surface area contributed by atoms with Gasteiger partial charge in [-0.15, -0.1) is 0 Å². The Balaban J connectivity index is 2.27. The first kappa shape index (κ1) is 19.4. The lowest BCUT2D eigenvalue weighted by Crippen LogP contribution is -2.48. The number of hydrogen-bond acceptors (Lipinski definition) is 5. The molecule has 0 aliphatic heterocycles. The van der Waals surface area contributed by atoms with E-state index in [1.165, 1.54) is 11.1 Å². The van der Waals surface area contributed by atoms with Gasteiger partial charge < -0.3 is 9.47 Å². The normalized spacial score (nSPS) is 19.4. The van der Waals surface area contributed by atoms with Crippen LogP contribution in [0, 0.1) is 0 Å². The summed E-state index contributed by atoms with van der Waals surface area (Å²) in [7, 11) is 1.99. The highest BCUT2D eigenvalue weighted by Crippen LogP contribution is 2.42. The Morgan fingerprint density at radius 1 is 1.12 bits per heavy atom. The number of carbonyl (C=O) groups is 2. The summed E-state index contributed by atoms with van der Waals surface area (Å²) in [6, 6.07) is 8.29. The fraction of sp³-hybridized carbons (Fsp3) is 0.600. The van der Waals surface area contributed by atoms with Gasteiger partial charge in [0.25, 0.3) is 0 Å². The summed E-state index contributed by atoms with van der Waals surface area (Å²) in [4.78, 5) is 26.2. The van der Waals surface area contributed by atoms with E-state index < -0.39 is 5.54 Å². The average molecular weight is 347 g/mol. The zero-order valence-electron chi connectivity index (χ0n) is 15.5. The van der Waals surface area contributed by atoms with Crippen molar-refractivity contribution in [3.63, 3.8) is 0 Å². The minimum atomic E-state index is -0.423. The lowest BCUT2D eigenvalue weighted by Gasteiger charge is -2.45. The van der Waals surface area contributed by atoms with Crippen molar-refractivity contribution in [2.45, 2.75) is 51.5 Å². The molecule has 0 spiro atoms. The van der Waals surface area contributed by atoms with E-state index in [1.807, 2.05) is 26.1 Å². The van der Waals surface area contributed by atoms with E-state index in [2.05, 4.69) is 17.0 Å². The molecule has 2 rings (SSSR count). The van der Waals surface area contributed by atoms with E-state index in [9.17, 15) is 9.59 Å². The van der Waals surface area contributed by atoms with Crippen LogP contribution < -0.4 is 0 Å². The van der Waals surface area contributed by atoms with Gasteiger partial charge in [0.05, 0.1) is 31.6 Å². The van der Waals surface area contributed by atoms with E-state index in [4.69, 9.17) is 9.47 Å². The van der Waals surface area contributed by atoms with E-state index in [1.54, 1.807) is 6.92 Å². The van der Waals surface area contributed by atoms with Crippen LogP contribution in [0.2, 0.25) is 0 Å². The Morgan fingerprint density at radius 3 is 2.52 bits per heavy atom. The molecular weight excluding hydrogens is 318 g/mol. The number of ether oxygens (including phenoxy) is 2. The zero-order chi connectivity index (χ0) is 18.3. The van der Waals surface area contributed by atoms with Crippen LogP contribution in [-0.4, -0.2) is 43.6 Å². The second-order valence-electron chi connectivity index (χ2n) is 6.50. The molecule has 0 N–H and O–H groups in total. The number of fused-ring (bicyclic) bond motifs is 1. The summed E-state index contributed by atoms with van der Waals surface area (Å²) in [6.07, 6.45) is 3.53. The summed E-state index contributed by atoms with van der Waals surface area (Å²) in [5.41, 5.74) is 2.04. The summed E-state index contributed by atoms with van der Waals surface area (Å²) in [5, 5.41) is 0.